The van der Waals surface area contributed by atoms with Gasteiger partial charge in [0, 0.05) is 16.7 Å². The van der Waals surface area contributed by atoms with E-state index in [-0.39, 0.29) is 0 Å². The van der Waals surface area contributed by atoms with Crippen LogP contribution in [-0.2, 0) is 0 Å². The van der Waals surface area contributed by atoms with Crippen molar-refractivity contribution in [3.05, 3.63) is 109 Å². The van der Waals surface area contributed by atoms with E-state index in [1.54, 1.807) is 6.07 Å². The molecule has 0 atom stereocenters. The molecule has 1 aromatic heterocycles. The van der Waals surface area contributed by atoms with Gasteiger partial charge in [0.05, 0.1) is 0 Å². The number of hydrogen-bond acceptors (Lipinski definition) is 5. The average molecular weight is 428 g/mol. The molecule has 5 rings (SSSR count). The number of nitrogens with zero attached hydrogens (tertiary/aromatic N) is 3. The summed E-state index contributed by atoms with van der Waals surface area (Å²) in [4.78, 5) is 14.3. The topological polar surface area (TPSA) is 68.1 Å². The Morgan fingerprint density at radius 2 is 0.909 bits per heavy atom. The molecule has 0 saturated heterocycles. The molecule has 6 heteroatoms. The zero-order chi connectivity index (χ0) is 22.5. The second-order valence-electron chi connectivity index (χ2n) is 7.37. The molecule has 0 spiro atoms. The van der Waals surface area contributed by atoms with Gasteiger partial charge in [-0.05, 0) is 29.3 Å². The van der Waals surface area contributed by atoms with E-state index in [2.05, 4.69) is 0 Å². The third-order valence-electron chi connectivity index (χ3n) is 5.16. The first kappa shape index (κ1) is 20.6. The third kappa shape index (κ3) is 4.66. The van der Waals surface area contributed by atoms with E-state index in [4.69, 9.17) is 19.6 Å². The maximum Gasteiger partial charge on any atom is 0.569 e. The Hall–Kier alpha value is -4.29. The highest BCUT2D eigenvalue weighted by atomic mass is 16.5. The summed E-state index contributed by atoms with van der Waals surface area (Å²) < 4.78 is 5.32. The van der Waals surface area contributed by atoms with Gasteiger partial charge in [0.2, 0.25) is 0 Å². The fourth-order valence-electron chi connectivity index (χ4n) is 3.59. The molecular formula is C27H19BN3O2. The molecule has 33 heavy (non-hydrogen) atoms. The van der Waals surface area contributed by atoms with Crippen molar-refractivity contribution in [3.63, 3.8) is 0 Å². The molecule has 5 aromatic rings. The molecule has 0 aliphatic carbocycles. The molecule has 1 radical (unpaired) electrons. The Morgan fingerprint density at radius 1 is 0.485 bits per heavy atom. The lowest BCUT2D eigenvalue weighted by Crippen LogP contribution is -2.02. The lowest BCUT2D eigenvalue weighted by molar-refractivity contribution is 0.454. The van der Waals surface area contributed by atoms with Crippen LogP contribution in [0.4, 0.5) is 0 Å². The minimum Gasteiger partial charge on any atom is -0.537 e. The highest BCUT2D eigenvalue weighted by Gasteiger charge is 2.14. The lowest BCUT2D eigenvalue weighted by Gasteiger charge is -2.12. The number of benzene rings is 4. The molecule has 1 heterocycles. The van der Waals surface area contributed by atoms with Crippen molar-refractivity contribution in [1.29, 1.82) is 0 Å². The first-order valence-electron chi connectivity index (χ1n) is 10.5. The van der Waals surface area contributed by atoms with Crippen molar-refractivity contribution in [2.24, 2.45) is 0 Å². The SMILES string of the molecule is O[B]Oc1cc(-c2ccccc2)cc(-c2nc(-c3ccccc3)nc(-c3ccccc3)n2)c1. The van der Waals surface area contributed by atoms with Crippen LogP contribution in [-0.4, -0.2) is 27.7 Å². The minimum absolute atomic E-state index is 0.483. The Bertz CT molecular complexity index is 1310. The number of rotatable bonds is 6. The molecule has 0 fully saturated rings. The molecule has 157 valence electrons. The fourth-order valence-corrected chi connectivity index (χ4v) is 3.59. The summed E-state index contributed by atoms with van der Waals surface area (Å²) in [6, 6.07) is 35.3. The fraction of sp³-hybridized carbons (Fsp3) is 0. The van der Waals surface area contributed by atoms with Crippen molar-refractivity contribution in [3.8, 4) is 51.0 Å². The van der Waals surface area contributed by atoms with Crippen molar-refractivity contribution in [1.82, 2.24) is 15.0 Å². The van der Waals surface area contributed by atoms with Crippen molar-refractivity contribution < 1.29 is 9.68 Å². The summed E-state index contributed by atoms with van der Waals surface area (Å²) in [5.41, 5.74) is 4.50. The third-order valence-corrected chi connectivity index (χ3v) is 5.16. The Balaban J connectivity index is 1.70. The number of aromatic nitrogens is 3. The first-order chi connectivity index (χ1) is 16.3. The van der Waals surface area contributed by atoms with E-state index in [9.17, 15) is 5.02 Å². The van der Waals surface area contributed by atoms with Crippen LogP contribution < -0.4 is 4.65 Å². The van der Waals surface area contributed by atoms with Gasteiger partial charge < -0.3 is 9.68 Å². The molecule has 0 unspecified atom stereocenters. The van der Waals surface area contributed by atoms with Crippen LogP contribution in [0.25, 0.3) is 45.3 Å². The summed E-state index contributed by atoms with van der Waals surface area (Å²) in [5, 5.41) is 9.24. The molecule has 0 aliphatic rings. The van der Waals surface area contributed by atoms with Crippen LogP contribution in [0.5, 0.6) is 5.75 Å². The predicted molar refractivity (Wildman–Crippen MR) is 130 cm³/mol. The number of hydrogen-bond donors (Lipinski definition) is 1. The average Bonchev–Trinajstić information content (AvgIpc) is 2.90. The largest absolute Gasteiger partial charge is 0.569 e. The van der Waals surface area contributed by atoms with Crippen LogP contribution in [0.3, 0.4) is 0 Å². The standard InChI is InChI=1S/C27H19BN3O2/c32-28-33-24-17-22(19-10-4-1-5-11-19)16-23(18-24)27-30-25(20-12-6-2-7-13-20)29-26(31-27)21-14-8-3-9-15-21/h1-18,32H. The normalized spacial score (nSPS) is 10.6. The predicted octanol–water partition coefficient (Wildman–Crippen LogP) is 5.44. The first-order valence-corrected chi connectivity index (χ1v) is 10.5. The van der Waals surface area contributed by atoms with Crippen molar-refractivity contribution in [2.75, 3.05) is 0 Å². The monoisotopic (exact) mass is 428 g/mol. The Morgan fingerprint density at radius 3 is 1.39 bits per heavy atom. The van der Waals surface area contributed by atoms with Crippen molar-refractivity contribution >= 4 is 7.69 Å². The van der Waals surface area contributed by atoms with E-state index < -0.39 is 0 Å². The Labute approximate surface area is 192 Å². The van der Waals surface area contributed by atoms with Gasteiger partial charge in [0.25, 0.3) is 0 Å². The zero-order valence-corrected chi connectivity index (χ0v) is 17.7. The van der Waals surface area contributed by atoms with Gasteiger partial charge in [-0.1, -0.05) is 91.0 Å². The van der Waals surface area contributed by atoms with Crippen LogP contribution in [0.2, 0.25) is 0 Å². The van der Waals surface area contributed by atoms with Crippen LogP contribution in [0.1, 0.15) is 0 Å². The maximum absolute atomic E-state index is 9.24. The molecular weight excluding hydrogens is 409 g/mol. The van der Waals surface area contributed by atoms with Crippen LogP contribution in [0, 0.1) is 0 Å². The smallest absolute Gasteiger partial charge is 0.537 e. The molecule has 4 aromatic carbocycles. The highest BCUT2D eigenvalue weighted by molar-refractivity contribution is 6.17. The van der Waals surface area contributed by atoms with Gasteiger partial charge in [-0.2, -0.15) is 0 Å². The van der Waals surface area contributed by atoms with Crippen LogP contribution >= 0.6 is 0 Å². The summed E-state index contributed by atoms with van der Waals surface area (Å²) in [5.74, 6) is 2.17. The van der Waals surface area contributed by atoms with Gasteiger partial charge >= 0.3 is 7.69 Å². The Kier molecular flexibility index (Phi) is 5.91. The maximum atomic E-state index is 9.24. The van der Waals surface area contributed by atoms with E-state index in [1.807, 2.05) is 103 Å². The van der Waals surface area contributed by atoms with E-state index in [0.29, 0.717) is 30.9 Å². The quantitative estimate of drug-likeness (QED) is 0.365. The highest BCUT2D eigenvalue weighted by Crippen LogP contribution is 2.32. The van der Waals surface area contributed by atoms with Gasteiger partial charge in [-0.15, -0.1) is 0 Å². The van der Waals surface area contributed by atoms with E-state index in [1.165, 1.54) is 0 Å². The molecule has 1 N–H and O–H groups in total. The van der Waals surface area contributed by atoms with Gasteiger partial charge in [0.15, 0.2) is 17.5 Å². The van der Waals surface area contributed by atoms with E-state index >= 15 is 0 Å². The van der Waals surface area contributed by atoms with Gasteiger partial charge in [0.1, 0.15) is 5.75 Å². The second-order valence-corrected chi connectivity index (χ2v) is 7.37. The lowest BCUT2D eigenvalue weighted by atomic mass is 10.0. The molecule has 0 saturated carbocycles. The summed E-state index contributed by atoms with van der Waals surface area (Å²) in [6.45, 7) is 0. The van der Waals surface area contributed by atoms with Crippen molar-refractivity contribution in [2.45, 2.75) is 0 Å². The summed E-state index contributed by atoms with van der Waals surface area (Å²) in [6.07, 6.45) is 0. The van der Waals surface area contributed by atoms with Crippen LogP contribution in [0.15, 0.2) is 109 Å². The van der Waals surface area contributed by atoms with E-state index in [0.717, 1.165) is 27.8 Å². The zero-order valence-electron chi connectivity index (χ0n) is 17.7. The molecule has 5 nitrogen and oxygen atoms in total. The molecule has 0 amide bonds. The summed E-state index contributed by atoms with van der Waals surface area (Å²) in [7, 11) is 0.673. The van der Waals surface area contributed by atoms with Gasteiger partial charge in [-0.3, -0.25) is 0 Å². The second kappa shape index (κ2) is 9.46. The van der Waals surface area contributed by atoms with Gasteiger partial charge in [-0.25, -0.2) is 15.0 Å². The molecule has 0 aliphatic heterocycles. The summed E-state index contributed by atoms with van der Waals surface area (Å²) >= 11 is 0. The molecule has 0 bridgehead atoms. The minimum atomic E-state index is 0.483.